The van der Waals surface area contributed by atoms with E-state index >= 15 is 0 Å². The highest BCUT2D eigenvalue weighted by Gasteiger charge is 2.36. The molecule has 0 bridgehead atoms. The van der Waals surface area contributed by atoms with Gasteiger partial charge in [0.15, 0.2) is 0 Å². The van der Waals surface area contributed by atoms with Crippen molar-refractivity contribution in [3.8, 4) is 11.4 Å². The van der Waals surface area contributed by atoms with Gasteiger partial charge in [-0.05, 0) is 24.0 Å². The van der Waals surface area contributed by atoms with Crippen LogP contribution in [0.2, 0.25) is 0 Å². The Morgan fingerprint density at radius 1 is 1.22 bits per heavy atom. The number of imidazole rings is 1. The van der Waals surface area contributed by atoms with Crippen LogP contribution in [0.15, 0.2) is 42.7 Å². The minimum absolute atomic E-state index is 0.396. The van der Waals surface area contributed by atoms with Crippen molar-refractivity contribution in [2.24, 2.45) is 5.41 Å². The van der Waals surface area contributed by atoms with E-state index in [1.807, 2.05) is 12.3 Å². The monoisotopic (exact) mass is 258 g/mol. The fourth-order valence-electron chi connectivity index (χ4n) is 2.69. The molecule has 0 amide bonds. The first-order valence-electron chi connectivity index (χ1n) is 6.50. The number of hydrogen-bond acceptors (Lipinski definition) is 2. The normalized spacial score (nSPS) is 17.4. The van der Waals surface area contributed by atoms with Gasteiger partial charge in [0.25, 0.3) is 0 Å². The zero-order valence-corrected chi connectivity index (χ0v) is 11.3. The van der Waals surface area contributed by atoms with Gasteiger partial charge in [-0.25, -0.2) is 4.98 Å². The molecule has 1 aliphatic carbocycles. The van der Waals surface area contributed by atoms with Crippen molar-refractivity contribution in [1.82, 2.24) is 9.55 Å². The highest BCUT2D eigenvalue weighted by atomic mass is 32.1. The molecule has 0 unspecified atom stereocenters. The molecule has 3 rings (SSSR count). The second kappa shape index (κ2) is 4.81. The standard InChI is InChI=1S/C15H18N2S/c18-12-15(7-4-8-15)11-17-10-9-16-14(17)13-5-2-1-3-6-13/h1-3,5-6,9-10,18H,4,7-8,11-12H2. The van der Waals surface area contributed by atoms with Gasteiger partial charge in [-0.2, -0.15) is 12.6 Å². The smallest absolute Gasteiger partial charge is 0.139 e. The van der Waals surface area contributed by atoms with E-state index in [0.29, 0.717) is 5.41 Å². The first kappa shape index (κ1) is 11.8. The number of benzene rings is 1. The summed E-state index contributed by atoms with van der Waals surface area (Å²) in [5.41, 5.74) is 1.59. The molecule has 1 fully saturated rings. The average Bonchev–Trinajstić information content (AvgIpc) is 2.83. The minimum Gasteiger partial charge on any atom is -0.330 e. The van der Waals surface area contributed by atoms with Crippen molar-refractivity contribution in [2.45, 2.75) is 25.8 Å². The van der Waals surface area contributed by atoms with Crippen molar-refractivity contribution in [2.75, 3.05) is 5.75 Å². The molecule has 18 heavy (non-hydrogen) atoms. The van der Waals surface area contributed by atoms with E-state index in [-0.39, 0.29) is 0 Å². The Kier molecular flexibility index (Phi) is 3.16. The summed E-state index contributed by atoms with van der Waals surface area (Å²) in [6, 6.07) is 10.4. The summed E-state index contributed by atoms with van der Waals surface area (Å²) in [5.74, 6) is 2.04. The van der Waals surface area contributed by atoms with Crippen LogP contribution in [-0.4, -0.2) is 15.3 Å². The van der Waals surface area contributed by atoms with Crippen LogP contribution in [0.5, 0.6) is 0 Å². The highest BCUT2D eigenvalue weighted by Crippen LogP contribution is 2.43. The van der Waals surface area contributed by atoms with Gasteiger partial charge in [0, 0.05) is 24.5 Å². The molecule has 0 aliphatic heterocycles. The maximum atomic E-state index is 4.53. The van der Waals surface area contributed by atoms with E-state index in [1.165, 1.54) is 24.8 Å². The molecule has 94 valence electrons. The number of aromatic nitrogens is 2. The molecule has 1 aromatic carbocycles. The van der Waals surface area contributed by atoms with Crippen LogP contribution in [0.25, 0.3) is 11.4 Å². The third kappa shape index (κ3) is 2.07. The topological polar surface area (TPSA) is 17.8 Å². The Morgan fingerprint density at radius 3 is 2.61 bits per heavy atom. The Labute approximate surface area is 113 Å². The lowest BCUT2D eigenvalue weighted by atomic mass is 9.70. The molecular weight excluding hydrogens is 240 g/mol. The number of thiol groups is 1. The van der Waals surface area contributed by atoms with E-state index in [2.05, 4.69) is 52.6 Å². The summed E-state index contributed by atoms with van der Waals surface area (Å²) in [6.45, 7) is 1.04. The first-order valence-corrected chi connectivity index (χ1v) is 7.14. The molecule has 0 saturated heterocycles. The molecule has 3 heteroatoms. The third-order valence-electron chi connectivity index (χ3n) is 4.00. The number of nitrogens with zero attached hydrogens (tertiary/aromatic N) is 2. The Balaban J connectivity index is 1.88. The summed E-state index contributed by atoms with van der Waals surface area (Å²) >= 11 is 4.53. The Bertz CT molecular complexity index is 509. The predicted molar refractivity (Wildman–Crippen MR) is 77.8 cm³/mol. The maximum absolute atomic E-state index is 4.53. The van der Waals surface area contributed by atoms with E-state index in [9.17, 15) is 0 Å². The van der Waals surface area contributed by atoms with Gasteiger partial charge >= 0.3 is 0 Å². The molecule has 2 nitrogen and oxygen atoms in total. The zero-order valence-electron chi connectivity index (χ0n) is 10.4. The second-order valence-electron chi connectivity index (χ2n) is 5.26. The van der Waals surface area contributed by atoms with Crippen LogP contribution in [0.3, 0.4) is 0 Å². The fourth-order valence-corrected chi connectivity index (χ4v) is 3.10. The van der Waals surface area contributed by atoms with Crippen LogP contribution >= 0.6 is 12.6 Å². The van der Waals surface area contributed by atoms with Gasteiger partial charge in [-0.1, -0.05) is 36.8 Å². The summed E-state index contributed by atoms with van der Waals surface area (Å²) < 4.78 is 2.28. The molecule has 1 aliphatic rings. The predicted octanol–water partition coefficient (Wildman–Crippen LogP) is 3.65. The van der Waals surface area contributed by atoms with Crippen molar-refractivity contribution < 1.29 is 0 Å². The van der Waals surface area contributed by atoms with Gasteiger partial charge in [-0.3, -0.25) is 0 Å². The molecule has 0 spiro atoms. The van der Waals surface area contributed by atoms with Gasteiger partial charge in [0.2, 0.25) is 0 Å². The highest BCUT2D eigenvalue weighted by molar-refractivity contribution is 7.80. The lowest BCUT2D eigenvalue weighted by Gasteiger charge is -2.41. The van der Waals surface area contributed by atoms with Crippen molar-refractivity contribution in [3.05, 3.63) is 42.7 Å². The Morgan fingerprint density at radius 2 is 2.00 bits per heavy atom. The number of rotatable bonds is 4. The van der Waals surface area contributed by atoms with Crippen molar-refractivity contribution in [3.63, 3.8) is 0 Å². The van der Waals surface area contributed by atoms with Gasteiger partial charge in [0.05, 0.1) is 0 Å². The molecule has 0 N–H and O–H groups in total. The molecular formula is C15H18N2S. The molecule has 1 aromatic heterocycles. The summed E-state index contributed by atoms with van der Waals surface area (Å²) in [7, 11) is 0. The van der Waals surface area contributed by atoms with E-state index < -0.39 is 0 Å². The SMILES string of the molecule is SCC1(Cn2ccnc2-c2ccccc2)CCC1. The first-order chi connectivity index (χ1) is 8.83. The summed E-state index contributed by atoms with van der Waals surface area (Å²) in [4.78, 5) is 4.50. The molecule has 2 aromatic rings. The van der Waals surface area contributed by atoms with Gasteiger partial charge in [0.1, 0.15) is 5.82 Å². The largest absolute Gasteiger partial charge is 0.330 e. The van der Waals surface area contributed by atoms with Gasteiger partial charge in [-0.15, -0.1) is 0 Å². The lowest BCUT2D eigenvalue weighted by Crippen LogP contribution is -2.35. The molecule has 1 saturated carbocycles. The fraction of sp³-hybridized carbons (Fsp3) is 0.400. The van der Waals surface area contributed by atoms with E-state index in [4.69, 9.17) is 0 Å². The van der Waals surface area contributed by atoms with Crippen LogP contribution in [0, 0.1) is 5.41 Å². The van der Waals surface area contributed by atoms with Crippen LogP contribution in [-0.2, 0) is 6.54 Å². The molecule has 0 atom stereocenters. The van der Waals surface area contributed by atoms with Crippen molar-refractivity contribution >= 4 is 12.6 Å². The molecule has 1 heterocycles. The summed E-state index contributed by atoms with van der Waals surface area (Å²) in [5, 5.41) is 0. The minimum atomic E-state index is 0.396. The third-order valence-corrected chi connectivity index (χ3v) is 4.67. The van der Waals surface area contributed by atoms with Crippen LogP contribution < -0.4 is 0 Å². The van der Waals surface area contributed by atoms with Crippen LogP contribution in [0.1, 0.15) is 19.3 Å². The molecule has 0 radical (unpaired) electrons. The quantitative estimate of drug-likeness (QED) is 0.829. The zero-order chi connectivity index (χ0) is 12.4. The average molecular weight is 258 g/mol. The second-order valence-corrected chi connectivity index (χ2v) is 5.57. The summed E-state index contributed by atoms with van der Waals surface area (Å²) in [6.07, 6.45) is 7.92. The number of hydrogen-bond donors (Lipinski definition) is 1. The lowest BCUT2D eigenvalue weighted by molar-refractivity contribution is 0.140. The van der Waals surface area contributed by atoms with Gasteiger partial charge < -0.3 is 4.57 Å². The van der Waals surface area contributed by atoms with Crippen molar-refractivity contribution in [1.29, 1.82) is 0 Å². The van der Waals surface area contributed by atoms with E-state index in [1.54, 1.807) is 0 Å². The van der Waals surface area contributed by atoms with Crippen LogP contribution in [0.4, 0.5) is 0 Å². The maximum Gasteiger partial charge on any atom is 0.139 e. The van der Waals surface area contributed by atoms with E-state index in [0.717, 1.165) is 18.1 Å². The Hall–Kier alpha value is -1.22.